The third kappa shape index (κ3) is 4.03. The Kier molecular flexibility index (Phi) is 5.36. The zero-order valence-corrected chi connectivity index (χ0v) is 12.4. The summed E-state index contributed by atoms with van der Waals surface area (Å²) in [4.78, 5) is 19.0. The van der Waals surface area contributed by atoms with E-state index in [1.54, 1.807) is 0 Å². The van der Waals surface area contributed by atoms with Gasteiger partial charge in [-0.1, -0.05) is 28.1 Å². The van der Waals surface area contributed by atoms with Gasteiger partial charge in [-0.2, -0.15) is 0 Å². The Morgan fingerprint density at radius 3 is 2.79 bits per heavy atom. The number of rotatable bonds is 4. The van der Waals surface area contributed by atoms with Gasteiger partial charge in [0.15, 0.2) is 0 Å². The lowest BCUT2D eigenvalue weighted by molar-refractivity contribution is -0.135. The summed E-state index contributed by atoms with van der Waals surface area (Å²) in [5.41, 5.74) is 1.03. The molecule has 1 saturated heterocycles. The van der Waals surface area contributed by atoms with Gasteiger partial charge >= 0.3 is 0 Å². The Balaban J connectivity index is 1.99. The van der Waals surface area contributed by atoms with Crippen LogP contribution in [0.4, 0.5) is 0 Å². The highest BCUT2D eigenvalue weighted by molar-refractivity contribution is 9.10. The van der Waals surface area contributed by atoms with Crippen LogP contribution in [-0.2, 0) is 16.1 Å². The summed E-state index contributed by atoms with van der Waals surface area (Å²) in [6, 6.07) is 7.99. The lowest BCUT2D eigenvalue weighted by Gasteiger charge is -2.35. The predicted octanol–water partition coefficient (Wildman–Crippen LogP) is 2.26. The summed E-state index contributed by atoms with van der Waals surface area (Å²) in [7, 11) is 0. The topological polar surface area (TPSA) is 55.6 Å². The van der Waals surface area contributed by atoms with Crippen LogP contribution in [0.2, 0.25) is 0 Å². The van der Waals surface area contributed by atoms with E-state index in [0.717, 1.165) is 35.8 Å². The van der Waals surface area contributed by atoms with Gasteiger partial charge in [-0.25, -0.2) is 5.90 Å². The van der Waals surface area contributed by atoms with Crippen LogP contribution in [0.25, 0.3) is 0 Å². The maximum Gasteiger partial charge on any atom is 0.227 e. The van der Waals surface area contributed by atoms with Crippen molar-refractivity contribution in [3.05, 3.63) is 34.3 Å². The fourth-order valence-electron chi connectivity index (χ4n) is 2.49. The van der Waals surface area contributed by atoms with Crippen molar-refractivity contribution in [2.75, 3.05) is 13.2 Å². The van der Waals surface area contributed by atoms with Crippen molar-refractivity contribution < 1.29 is 9.63 Å². The molecule has 2 rings (SSSR count). The van der Waals surface area contributed by atoms with Gasteiger partial charge in [0, 0.05) is 11.0 Å². The number of hydrogen-bond acceptors (Lipinski definition) is 3. The van der Waals surface area contributed by atoms with Gasteiger partial charge in [0.2, 0.25) is 5.91 Å². The molecule has 0 aliphatic carbocycles. The molecule has 0 bridgehead atoms. The van der Waals surface area contributed by atoms with Crippen LogP contribution in [0.1, 0.15) is 24.8 Å². The van der Waals surface area contributed by atoms with E-state index in [2.05, 4.69) is 15.9 Å². The van der Waals surface area contributed by atoms with Crippen molar-refractivity contribution in [1.29, 1.82) is 0 Å². The van der Waals surface area contributed by atoms with Crippen molar-refractivity contribution >= 4 is 21.8 Å². The third-order valence-corrected chi connectivity index (χ3v) is 4.03. The maximum absolute atomic E-state index is 12.4. The first kappa shape index (κ1) is 14.5. The number of halogens is 1. The molecular weight excluding hydrogens is 308 g/mol. The normalized spacial score (nSPS) is 19.5. The van der Waals surface area contributed by atoms with Gasteiger partial charge in [0.05, 0.1) is 19.1 Å². The van der Waals surface area contributed by atoms with Gasteiger partial charge in [-0.3, -0.25) is 4.79 Å². The van der Waals surface area contributed by atoms with Gasteiger partial charge in [-0.05, 0) is 37.0 Å². The molecule has 1 aliphatic heterocycles. The van der Waals surface area contributed by atoms with E-state index >= 15 is 0 Å². The first-order valence-corrected chi connectivity index (χ1v) is 7.35. The molecular formula is C14H19BrN2O2. The molecule has 2 N–H and O–H groups in total. The zero-order valence-electron chi connectivity index (χ0n) is 10.8. The maximum atomic E-state index is 12.4. The number of benzene rings is 1. The van der Waals surface area contributed by atoms with Gasteiger partial charge < -0.3 is 9.74 Å². The molecule has 1 amide bonds. The van der Waals surface area contributed by atoms with Gasteiger partial charge in [0.25, 0.3) is 0 Å². The van der Waals surface area contributed by atoms with E-state index in [9.17, 15) is 4.79 Å². The molecule has 1 unspecified atom stereocenters. The number of nitrogens with zero attached hydrogens (tertiary/aromatic N) is 1. The van der Waals surface area contributed by atoms with Crippen LogP contribution in [0, 0.1) is 0 Å². The van der Waals surface area contributed by atoms with Crippen LogP contribution in [-0.4, -0.2) is 30.0 Å². The highest BCUT2D eigenvalue weighted by Gasteiger charge is 2.26. The largest absolute Gasteiger partial charge is 0.337 e. The molecule has 19 heavy (non-hydrogen) atoms. The summed E-state index contributed by atoms with van der Waals surface area (Å²) in [5, 5.41) is 0. The van der Waals surface area contributed by atoms with Crippen LogP contribution in [0.3, 0.4) is 0 Å². The summed E-state index contributed by atoms with van der Waals surface area (Å²) in [5.74, 6) is 5.30. The van der Waals surface area contributed by atoms with E-state index in [4.69, 9.17) is 10.7 Å². The Labute approximate surface area is 122 Å². The minimum Gasteiger partial charge on any atom is -0.337 e. The molecule has 1 heterocycles. The number of hydrogen-bond donors (Lipinski definition) is 1. The van der Waals surface area contributed by atoms with E-state index in [-0.39, 0.29) is 11.9 Å². The molecule has 0 saturated carbocycles. The summed E-state index contributed by atoms with van der Waals surface area (Å²) >= 11 is 3.39. The number of nitrogens with two attached hydrogens (primary N) is 1. The smallest absolute Gasteiger partial charge is 0.227 e. The minimum absolute atomic E-state index is 0.127. The van der Waals surface area contributed by atoms with Gasteiger partial charge in [0.1, 0.15) is 0 Å². The van der Waals surface area contributed by atoms with Crippen molar-refractivity contribution in [2.45, 2.75) is 31.7 Å². The average molecular weight is 327 g/mol. The fraction of sp³-hybridized carbons (Fsp3) is 0.500. The van der Waals surface area contributed by atoms with E-state index in [1.165, 1.54) is 0 Å². The number of likely N-dealkylation sites (tertiary alicyclic amines) is 1. The SMILES string of the molecule is NOCC1CCCCN1C(=O)Cc1ccc(Br)cc1. The molecule has 0 radical (unpaired) electrons. The molecule has 4 nitrogen and oxygen atoms in total. The van der Waals surface area contributed by atoms with Crippen molar-refractivity contribution in [3.63, 3.8) is 0 Å². The molecule has 1 aliphatic rings. The molecule has 104 valence electrons. The van der Waals surface area contributed by atoms with Crippen LogP contribution >= 0.6 is 15.9 Å². The Morgan fingerprint density at radius 1 is 1.37 bits per heavy atom. The first-order chi connectivity index (χ1) is 9.20. The number of carbonyl (C=O) groups is 1. The Bertz CT molecular complexity index is 420. The third-order valence-electron chi connectivity index (χ3n) is 3.50. The van der Waals surface area contributed by atoms with Crippen molar-refractivity contribution in [1.82, 2.24) is 4.90 Å². The second kappa shape index (κ2) is 7.03. The fourth-order valence-corrected chi connectivity index (χ4v) is 2.76. The van der Waals surface area contributed by atoms with Crippen LogP contribution < -0.4 is 5.90 Å². The summed E-state index contributed by atoms with van der Waals surface area (Å²) in [6.07, 6.45) is 3.61. The molecule has 0 spiro atoms. The highest BCUT2D eigenvalue weighted by Crippen LogP contribution is 2.19. The lowest BCUT2D eigenvalue weighted by Crippen LogP contribution is -2.47. The number of piperidine rings is 1. The molecule has 1 fully saturated rings. The standard InChI is InChI=1S/C14H19BrN2O2/c15-12-6-4-11(5-7-12)9-14(18)17-8-2-1-3-13(17)10-19-16/h4-7,13H,1-3,8-10,16H2. The van der Waals surface area contributed by atoms with E-state index < -0.39 is 0 Å². The second-order valence-electron chi connectivity index (χ2n) is 4.87. The number of amides is 1. The minimum atomic E-state index is 0.127. The second-order valence-corrected chi connectivity index (χ2v) is 5.79. The van der Waals surface area contributed by atoms with Crippen molar-refractivity contribution in [2.24, 2.45) is 5.90 Å². The molecule has 1 atom stereocenters. The quantitative estimate of drug-likeness (QED) is 0.863. The molecule has 1 aromatic carbocycles. The van der Waals surface area contributed by atoms with E-state index in [1.807, 2.05) is 29.2 Å². The average Bonchev–Trinajstić information content (AvgIpc) is 2.42. The van der Waals surface area contributed by atoms with Crippen LogP contribution in [0.15, 0.2) is 28.7 Å². The van der Waals surface area contributed by atoms with Crippen molar-refractivity contribution in [3.8, 4) is 0 Å². The number of carbonyl (C=O) groups excluding carboxylic acids is 1. The van der Waals surface area contributed by atoms with Gasteiger partial charge in [-0.15, -0.1) is 0 Å². The first-order valence-electron chi connectivity index (χ1n) is 6.56. The summed E-state index contributed by atoms with van der Waals surface area (Å²) < 4.78 is 1.02. The van der Waals surface area contributed by atoms with Crippen LogP contribution in [0.5, 0.6) is 0 Å². The predicted molar refractivity (Wildman–Crippen MR) is 77.3 cm³/mol. The molecule has 5 heteroatoms. The molecule has 0 aromatic heterocycles. The Hall–Kier alpha value is -0.910. The monoisotopic (exact) mass is 326 g/mol. The summed E-state index contributed by atoms with van der Waals surface area (Å²) in [6.45, 7) is 1.23. The Morgan fingerprint density at radius 2 is 2.11 bits per heavy atom. The van der Waals surface area contributed by atoms with E-state index in [0.29, 0.717) is 13.0 Å². The molecule has 1 aromatic rings. The zero-order chi connectivity index (χ0) is 13.7. The lowest BCUT2D eigenvalue weighted by atomic mass is 10.0. The highest BCUT2D eigenvalue weighted by atomic mass is 79.9.